The zero-order chi connectivity index (χ0) is 74.2. The lowest BCUT2D eigenvalue weighted by Crippen LogP contribution is -2.13. The van der Waals surface area contributed by atoms with E-state index in [1.165, 1.54) is 52.9 Å². The Morgan fingerprint density at radius 3 is 1.41 bits per heavy atom. The van der Waals surface area contributed by atoms with Gasteiger partial charge >= 0.3 is 17.9 Å². The van der Waals surface area contributed by atoms with Crippen molar-refractivity contribution < 1.29 is 82.3 Å². The standard InChI is InChI=1S/C13H15BrN2O4S.C12H15BrN2O3S.C9H7BrN2O2.C9H8N2O2.C4H9BrO2S.C4H10O3S.C4H10OS.C4H8O.CH4.Br3P/c1-20-13(17)12-11(14)9-8-15-5-4-10(9)16(12)6-3-7-21(2,18)19;1-19(17,18)6-2-5-15-10-3-4-14-7-9(10)12(13)11(15)8-16;1-14-9(13)8-7(10)5-4-11-3-2-6(5)12-8;1-13-9(12)8-4-6-5-10-3-2-7(6)11-8;2*1-8(6,7)4-2-3-5;1-6-4-2-3-5;1-2-4-5-3-1;;1-4(2)3/h4-5,8H,3,6-7H2,1-2H3;3-4,7,16H,2,5-6,8H2,1H3;2-4,12H,1H3;2-5,11H,1H3;2-4H2,1H3;5H,2-4H2,1H3;5H,2-4H2,1H3;1-4H2;1H4;. The van der Waals surface area contributed by atoms with Gasteiger partial charge in [-0.15, -0.1) is 0 Å². The third kappa shape index (κ3) is 39.0. The number of aliphatic hydroxyl groups excluding tert-OH is 3. The summed E-state index contributed by atoms with van der Waals surface area (Å²) in [6.07, 6.45) is 25.7. The number of methoxy groups -OCH3 is 3. The molecule has 0 unspecified atom stereocenters. The number of hydrogen-bond acceptors (Lipinski definition) is 23. The summed E-state index contributed by atoms with van der Waals surface area (Å²) in [5, 5.41) is 30.1. The molecule has 0 amide bonds. The predicted octanol–water partition coefficient (Wildman–Crippen LogP) is 13.0. The highest BCUT2D eigenvalue weighted by Crippen LogP contribution is 2.59. The number of aromatic amines is 2. The van der Waals surface area contributed by atoms with Crippen LogP contribution in [-0.2, 0) is 78.0 Å². The molecule has 5 N–H and O–H groups in total. The molecular formula is C60H86Br7N8O18PS5. The van der Waals surface area contributed by atoms with E-state index >= 15 is 0 Å². The molecule has 0 spiro atoms. The molecule has 0 radical (unpaired) electrons. The lowest BCUT2D eigenvalue weighted by atomic mass is 10.3. The highest BCUT2D eigenvalue weighted by molar-refractivity contribution is 9.93. The highest BCUT2D eigenvalue weighted by Gasteiger charge is 2.23. The van der Waals surface area contributed by atoms with E-state index in [4.69, 9.17) is 19.7 Å². The minimum Gasteiger partial charge on any atom is -0.464 e. The summed E-state index contributed by atoms with van der Waals surface area (Å²) in [6.45, 7) is 3.14. The van der Waals surface area contributed by atoms with E-state index in [1.54, 1.807) is 84.1 Å². The van der Waals surface area contributed by atoms with E-state index in [-0.39, 0.29) is 53.6 Å². The number of pyridine rings is 4. The topological polar surface area (TPSA) is 378 Å². The van der Waals surface area contributed by atoms with E-state index in [9.17, 15) is 53.2 Å². The van der Waals surface area contributed by atoms with Crippen LogP contribution in [0.1, 0.15) is 89.5 Å². The smallest absolute Gasteiger partial charge is 0.355 e. The molecule has 1 aliphatic rings. The number of hydrogen-bond donors (Lipinski definition) is 5. The van der Waals surface area contributed by atoms with E-state index < -0.39 is 51.3 Å². The van der Waals surface area contributed by atoms with Crippen LogP contribution in [0.25, 0.3) is 43.6 Å². The van der Waals surface area contributed by atoms with Gasteiger partial charge in [0, 0.05) is 147 Å². The van der Waals surface area contributed by atoms with Gasteiger partial charge in [-0.25, -0.2) is 48.1 Å². The molecule has 0 saturated carbocycles. The molecule has 0 aliphatic carbocycles. The van der Waals surface area contributed by atoms with Crippen LogP contribution in [0.2, 0.25) is 0 Å². The highest BCUT2D eigenvalue weighted by atomic mass is 80.0. The first-order valence-electron chi connectivity index (χ1n) is 29.1. The fraction of sp³-hybridized carbons (Fsp3) is 0.483. The molecule has 39 heteroatoms. The first-order chi connectivity index (χ1) is 46.1. The van der Waals surface area contributed by atoms with Gasteiger partial charge in [0.25, 0.3) is 0 Å². The molecule has 1 saturated heterocycles. The fourth-order valence-electron chi connectivity index (χ4n) is 8.08. The van der Waals surface area contributed by atoms with Crippen LogP contribution < -0.4 is 0 Å². The third-order valence-electron chi connectivity index (χ3n) is 12.4. The van der Waals surface area contributed by atoms with E-state index in [0.717, 1.165) is 90.8 Å². The van der Waals surface area contributed by atoms with Crippen LogP contribution in [0.4, 0.5) is 0 Å². The summed E-state index contributed by atoms with van der Waals surface area (Å²) >= 11 is 24.6. The summed E-state index contributed by atoms with van der Waals surface area (Å²) in [5.41, 5.74) is 5.47. The monoisotopic (exact) mass is 1950 g/mol. The first kappa shape index (κ1) is 96.0. The summed E-state index contributed by atoms with van der Waals surface area (Å²) in [4.78, 5) is 56.3. The van der Waals surface area contributed by atoms with Gasteiger partial charge in [-0.05, 0) is 182 Å². The number of halogens is 7. The SMILES string of the molecule is BrP(Br)Br.C.C1CCOC1.COC(=O)c1[nH]c2ccncc2c1Br.COC(=O)c1c(Br)c2cnccc2n1CCCS(C)(=O)=O.COC(=O)c1cc2cnccc2[nH]1.CS(=O)(=O)CCCBr.CS(=O)(=O)CCCO.CS(=O)(=O)CCCn1c(CO)c(Br)c2cnccc21.CSCCCO. The van der Waals surface area contributed by atoms with Crippen molar-refractivity contribution in [1.82, 2.24) is 39.0 Å². The average Bonchev–Trinajstić information content (AvgIpc) is 1.64. The van der Waals surface area contributed by atoms with Crippen LogP contribution in [0.5, 0.6) is 0 Å². The maximum atomic E-state index is 12.0. The van der Waals surface area contributed by atoms with Gasteiger partial charge < -0.3 is 53.4 Å². The number of alkyl halides is 1. The number of thioether (sulfide) groups is 1. The van der Waals surface area contributed by atoms with Crippen molar-refractivity contribution >= 4 is 227 Å². The maximum Gasteiger partial charge on any atom is 0.355 e. The molecule has 8 aromatic heterocycles. The number of ether oxygens (including phenoxy) is 4. The summed E-state index contributed by atoms with van der Waals surface area (Å²) < 4.78 is 111. The number of esters is 3. The number of aromatic nitrogens is 8. The number of H-pyrrole nitrogens is 2. The van der Waals surface area contributed by atoms with E-state index in [1.807, 2.05) is 23.0 Å². The van der Waals surface area contributed by atoms with Gasteiger partial charge in [-0.1, -0.05) is 23.4 Å². The summed E-state index contributed by atoms with van der Waals surface area (Å²) in [7, 11) is -7.55. The molecule has 0 atom stereocenters. The Hall–Kier alpha value is -3.05. The zero-order valence-corrected chi connectivity index (χ0v) is 71.0. The molecule has 558 valence electrons. The number of nitrogens with one attached hydrogen (secondary N) is 2. The Morgan fingerprint density at radius 2 is 1.02 bits per heavy atom. The number of carbonyl (C=O) groups is 3. The van der Waals surface area contributed by atoms with Crippen molar-refractivity contribution in [1.29, 1.82) is 0 Å². The Labute approximate surface area is 643 Å². The maximum absolute atomic E-state index is 12.0. The summed E-state index contributed by atoms with van der Waals surface area (Å²) in [6, 6.07) is 8.97. The largest absolute Gasteiger partial charge is 0.464 e. The van der Waals surface area contributed by atoms with Crippen LogP contribution in [0.15, 0.2) is 93.3 Å². The second-order valence-electron chi connectivity index (χ2n) is 20.5. The average molecular weight is 1960 g/mol. The summed E-state index contributed by atoms with van der Waals surface area (Å²) in [5.74, 6) is 0.427. The van der Waals surface area contributed by atoms with Gasteiger partial charge in [0.05, 0.1) is 86.6 Å². The lowest BCUT2D eigenvalue weighted by Gasteiger charge is -2.09. The number of aliphatic hydroxyl groups is 3. The molecule has 26 nitrogen and oxygen atoms in total. The Bertz CT molecular complexity index is 4100. The normalized spacial score (nSPS) is 11.7. The molecular weight excluding hydrogens is 1870 g/mol. The number of sulfone groups is 4. The van der Waals surface area contributed by atoms with Gasteiger partial charge in [-0.3, -0.25) is 19.9 Å². The van der Waals surface area contributed by atoms with Gasteiger partial charge in [0.15, 0.2) is 0 Å². The molecule has 1 fully saturated rings. The van der Waals surface area contributed by atoms with Crippen molar-refractivity contribution in [3.8, 4) is 0 Å². The number of carbonyl (C=O) groups excluding carboxylic acids is 3. The van der Waals surface area contributed by atoms with E-state index in [0.29, 0.717) is 71.4 Å². The third-order valence-corrected chi connectivity index (χ3v) is 20.3. The Morgan fingerprint density at radius 1 is 0.586 bits per heavy atom. The molecule has 8 aromatic rings. The van der Waals surface area contributed by atoms with Crippen LogP contribution >= 0.6 is 126 Å². The second-order valence-corrected chi connectivity index (χ2v) is 49.0. The molecule has 1 aliphatic heterocycles. The van der Waals surface area contributed by atoms with Crippen LogP contribution in [0.3, 0.4) is 0 Å². The number of nitrogens with zero attached hydrogens (tertiary/aromatic N) is 6. The fourth-order valence-corrected chi connectivity index (χ4v) is 13.7. The molecule has 9 heterocycles. The van der Waals surface area contributed by atoms with Crippen LogP contribution in [-0.4, -0.2) is 219 Å². The zero-order valence-electron chi connectivity index (χ0n) is 54.9. The molecule has 99 heavy (non-hydrogen) atoms. The first-order valence-corrected chi connectivity index (χ1v) is 49.6. The van der Waals surface area contributed by atoms with Gasteiger partial charge in [0.1, 0.15) is 60.5 Å². The van der Waals surface area contributed by atoms with Gasteiger partial charge in [-0.2, -0.15) is 11.8 Å². The van der Waals surface area contributed by atoms with Crippen LogP contribution in [0, 0.1) is 0 Å². The molecule has 9 rings (SSSR count). The molecule has 0 bridgehead atoms. The minimum absolute atomic E-state index is 0. The van der Waals surface area contributed by atoms with Crippen molar-refractivity contribution in [3.05, 3.63) is 116 Å². The quantitative estimate of drug-likeness (QED) is 0.0147. The van der Waals surface area contributed by atoms with Gasteiger partial charge in [0.2, 0.25) is 0 Å². The van der Waals surface area contributed by atoms with Crippen molar-refractivity contribution in [2.45, 2.75) is 72.1 Å². The number of fused-ring (bicyclic) bond motifs is 4. The number of rotatable bonds is 21. The Balaban J connectivity index is 0.00000114. The Kier molecular flexibility index (Phi) is 49.6. The van der Waals surface area contributed by atoms with Crippen molar-refractivity contribution in [2.24, 2.45) is 0 Å². The number of aryl methyl sites for hydroxylation is 2. The van der Waals surface area contributed by atoms with E-state index in [2.05, 4.69) is 150 Å². The predicted molar refractivity (Wildman–Crippen MR) is 423 cm³/mol. The lowest BCUT2D eigenvalue weighted by molar-refractivity contribution is 0.0581. The van der Waals surface area contributed by atoms with Crippen molar-refractivity contribution in [2.75, 3.05) is 113 Å². The molecule has 0 aromatic carbocycles. The second kappa shape index (κ2) is 51.2. The van der Waals surface area contributed by atoms with Crippen molar-refractivity contribution in [3.63, 3.8) is 0 Å². The minimum atomic E-state index is -3.03.